The predicted octanol–water partition coefficient (Wildman–Crippen LogP) is -4.29. The van der Waals surface area contributed by atoms with Crippen molar-refractivity contribution in [3.8, 4) is 0 Å². The summed E-state index contributed by atoms with van der Waals surface area (Å²) in [6.07, 6.45) is -0.300. The Labute approximate surface area is 155 Å². The van der Waals surface area contributed by atoms with E-state index in [1.165, 1.54) is 6.92 Å². The van der Waals surface area contributed by atoms with E-state index in [1.54, 1.807) is 0 Å². The number of nitrogens with two attached hydrogens (primary N) is 1. The highest BCUT2D eigenvalue weighted by Crippen LogP contribution is 2.33. The molecule has 1 atom stereocenters. The first-order valence-corrected chi connectivity index (χ1v) is 7.55. The van der Waals surface area contributed by atoms with Crippen molar-refractivity contribution in [3.63, 3.8) is 0 Å². The topological polar surface area (TPSA) is 107 Å². The zero-order valence-electron chi connectivity index (χ0n) is 13.9. The van der Waals surface area contributed by atoms with Crippen molar-refractivity contribution >= 4 is 84.0 Å². The fourth-order valence-electron chi connectivity index (χ4n) is 3.02. The molecule has 0 spiro atoms. The molecule has 0 bridgehead atoms. The van der Waals surface area contributed by atoms with E-state index in [9.17, 15) is 14.4 Å². The number of benzene rings is 1. The van der Waals surface area contributed by atoms with Crippen LogP contribution in [0.5, 0.6) is 0 Å². The molecule has 2 amide bonds. The second-order valence-electron chi connectivity index (χ2n) is 6.29. The van der Waals surface area contributed by atoms with Crippen LogP contribution >= 0.6 is 0 Å². The van der Waals surface area contributed by atoms with Crippen LogP contribution in [0.3, 0.4) is 0 Å². The van der Waals surface area contributed by atoms with Crippen molar-refractivity contribution in [2.45, 2.75) is 24.6 Å². The number of hydrogen-bond acceptors (Lipinski definition) is 5. The monoisotopic (exact) mass is 336 g/mol. The maximum Gasteiger partial charge on any atom is 0.264 e. The molecule has 1 aliphatic heterocycles. The summed E-state index contributed by atoms with van der Waals surface area (Å²) in [5.41, 5.74) is 5.20. The van der Waals surface area contributed by atoms with Crippen LogP contribution in [0.25, 0.3) is 10.9 Å². The summed E-state index contributed by atoms with van der Waals surface area (Å²) in [6.45, 7) is 1.49. The second kappa shape index (κ2) is 5.82. The number of aromatic nitrogens is 2. The Morgan fingerprint density at radius 1 is 1.15 bits per heavy atom. The minimum absolute atomic E-state index is 0.00863. The average Bonchev–Trinajstić information content (AvgIpc) is 2.55. The Bertz CT molecular complexity index is 1050. The van der Waals surface area contributed by atoms with Crippen LogP contribution in [0.1, 0.15) is 18.3 Å². The molecule has 1 aromatic carbocycles. The van der Waals surface area contributed by atoms with Gasteiger partial charge in [0.25, 0.3) is 5.56 Å². The normalized spacial score (nSPS) is 19.5. The molecule has 3 rings (SSSR count). The van der Waals surface area contributed by atoms with Gasteiger partial charge < -0.3 is 5.73 Å². The molecule has 7 nitrogen and oxygen atoms in total. The molecule has 2 heterocycles. The molecular weight excluding hydrogens is 326 g/mol. The van der Waals surface area contributed by atoms with E-state index in [0.717, 1.165) is 4.57 Å². The number of nitrogens with zero attached hydrogens (tertiary/aromatic N) is 2. The highest BCUT2D eigenvalue weighted by atomic mass is 16.2. The Hall–Kier alpha value is -2.38. The fraction of sp³-hybridized carbons (Fsp3) is 0.286. The molecule has 26 heavy (non-hydrogen) atoms. The van der Waals surface area contributed by atoms with Crippen LogP contribution in [0.2, 0.25) is 5.21 Å². The SMILES string of the molecule is [B]c1c([B])c(N)c2c(=O)n(C3CC([B])([B])C(=O)NC3=O)c(C)nc2c1[B]. The molecule has 12 heteroatoms. The van der Waals surface area contributed by atoms with Crippen molar-refractivity contribution in [1.29, 1.82) is 0 Å². The second-order valence-corrected chi connectivity index (χ2v) is 6.29. The van der Waals surface area contributed by atoms with Gasteiger partial charge in [0.05, 0.1) is 26.6 Å². The first-order valence-electron chi connectivity index (χ1n) is 7.55. The number of carbonyl (C=O) groups is 2. The molecule has 1 saturated heterocycles. The molecule has 118 valence electrons. The Kier molecular flexibility index (Phi) is 4.12. The number of amides is 2. The maximum atomic E-state index is 13.1. The quantitative estimate of drug-likeness (QED) is 0.312. The summed E-state index contributed by atoms with van der Waals surface area (Å²) in [7, 11) is 28.9. The molecule has 1 unspecified atom stereocenters. The van der Waals surface area contributed by atoms with Crippen LogP contribution in [-0.2, 0) is 9.59 Å². The summed E-state index contributed by atoms with van der Waals surface area (Å²) >= 11 is 0. The highest BCUT2D eigenvalue weighted by Gasteiger charge is 2.41. The van der Waals surface area contributed by atoms with Crippen molar-refractivity contribution in [2.24, 2.45) is 0 Å². The summed E-state index contributed by atoms with van der Waals surface area (Å²) in [6, 6.07) is -1.16. The molecule has 2 aromatic rings. The van der Waals surface area contributed by atoms with Crippen molar-refractivity contribution in [3.05, 3.63) is 16.2 Å². The maximum absolute atomic E-state index is 13.1. The van der Waals surface area contributed by atoms with Crippen molar-refractivity contribution in [2.75, 3.05) is 5.73 Å². The smallest absolute Gasteiger partial charge is 0.264 e. The third kappa shape index (κ3) is 2.50. The molecule has 1 fully saturated rings. The van der Waals surface area contributed by atoms with Gasteiger partial charge in [-0.1, -0.05) is 10.9 Å². The molecule has 3 N–H and O–H groups in total. The van der Waals surface area contributed by atoms with E-state index in [2.05, 4.69) is 10.3 Å². The Morgan fingerprint density at radius 2 is 1.77 bits per heavy atom. The zero-order valence-corrected chi connectivity index (χ0v) is 13.9. The van der Waals surface area contributed by atoms with Crippen molar-refractivity contribution < 1.29 is 9.59 Å². The number of carbonyl (C=O) groups excluding carboxylic acids is 2. The third-order valence-corrected chi connectivity index (χ3v) is 4.49. The predicted molar refractivity (Wildman–Crippen MR) is 102 cm³/mol. The van der Waals surface area contributed by atoms with Crippen LogP contribution in [0.15, 0.2) is 4.79 Å². The van der Waals surface area contributed by atoms with Crippen molar-refractivity contribution in [1.82, 2.24) is 14.9 Å². The fourth-order valence-corrected chi connectivity index (χ4v) is 3.02. The molecular formula is C14H9B5N4O3. The van der Waals surface area contributed by atoms with Crippen LogP contribution in [0.4, 0.5) is 5.69 Å². The van der Waals surface area contributed by atoms with Gasteiger partial charge in [0.2, 0.25) is 11.8 Å². The van der Waals surface area contributed by atoms with Gasteiger partial charge in [-0.15, -0.1) is 5.46 Å². The zero-order chi connectivity index (χ0) is 19.5. The summed E-state index contributed by atoms with van der Waals surface area (Å²) in [5, 5.41) is 0.142. The van der Waals surface area contributed by atoms with Gasteiger partial charge in [0.15, 0.2) is 0 Å². The van der Waals surface area contributed by atoms with E-state index in [0.29, 0.717) is 0 Å². The molecule has 0 saturated carbocycles. The molecule has 0 aliphatic carbocycles. The number of rotatable bonds is 1. The number of piperidine rings is 1. The van der Waals surface area contributed by atoms with Gasteiger partial charge in [0.1, 0.15) is 35.4 Å². The van der Waals surface area contributed by atoms with Gasteiger partial charge in [0, 0.05) is 5.69 Å². The Morgan fingerprint density at radius 3 is 2.38 bits per heavy atom. The van der Waals surface area contributed by atoms with E-state index in [1.807, 2.05) is 0 Å². The third-order valence-electron chi connectivity index (χ3n) is 4.49. The van der Waals surface area contributed by atoms with Gasteiger partial charge >= 0.3 is 0 Å². The number of nitrogens with one attached hydrogen (secondary N) is 1. The standard InChI is InChI=1S/C14H9B5N4O3/c1-3-21-10-5(9(20)7(16)6(15)8(10)17)12(25)23(3)4-2-14(18,19)13(26)22-11(4)24/h4H,2,20H2,1H3,(H,22,24,26). The van der Waals surface area contributed by atoms with Gasteiger partial charge in [-0.2, -0.15) is 0 Å². The van der Waals surface area contributed by atoms with E-state index >= 15 is 0 Å². The van der Waals surface area contributed by atoms with E-state index in [4.69, 9.17) is 45.0 Å². The first-order chi connectivity index (χ1) is 12.0. The summed E-state index contributed by atoms with van der Waals surface area (Å²) in [4.78, 5) is 41.3. The molecule has 1 aliphatic rings. The lowest BCUT2D eigenvalue weighted by Gasteiger charge is -2.35. The van der Waals surface area contributed by atoms with E-state index < -0.39 is 28.6 Å². The van der Waals surface area contributed by atoms with Crippen LogP contribution < -0.4 is 33.0 Å². The lowest BCUT2D eigenvalue weighted by molar-refractivity contribution is -0.136. The van der Waals surface area contributed by atoms with Gasteiger partial charge in [-0.05, 0) is 18.6 Å². The number of anilines is 1. The minimum Gasteiger partial charge on any atom is -0.399 e. The first kappa shape index (κ1) is 18.4. The number of imide groups is 1. The summed E-state index contributed by atoms with van der Waals surface area (Å²) < 4.78 is 1.06. The average molecular weight is 335 g/mol. The highest BCUT2D eigenvalue weighted by molar-refractivity contribution is 6.61. The number of nitrogen functional groups attached to an aromatic ring is 1. The lowest BCUT2D eigenvalue weighted by Crippen LogP contribution is -2.52. The number of aryl methyl sites for hydroxylation is 1. The minimum atomic E-state index is -1.83. The van der Waals surface area contributed by atoms with Crippen LogP contribution in [-0.4, -0.2) is 60.6 Å². The number of hydrogen-bond donors (Lipinski definition) is 2. The van der Waals surface area contributed by atoms with Gasteiger partial charge in [-0.3, -0.25) is 24.3 Å². The molecule has 10 radical (unpaired) electrons. The Balaban J connectivity index is 2.34. The van der Waals surface area contributed by atoms with Gasteiger partial charge in [-0.25, -0.2) is 4.98 Å². The molecule has 1 aromatic heterocycles. The van der Waals surface area contributed by atoms with E-state index in [-0.39, 0.29) is 45.2 Å². The lowest BCUT2D eigenvalue weighted by atomic mass is 9.50. The number of fused-ring (bicyclic) bond motifs is 1. The largest absolute Gasteiger partial charge is 0.399 e. The summed E-state index contributed by atoms with van der Waals surface area (Å²) in [5.74, 6) is -1.43. The van der Waals surface area contributed by atoms with Crippen LogP contribution in [0, 0.1) is 6.92 Å².